The third-order valence-electron chi connectivity index (χ3n) is 5.09. The lowest BCUT2D eigenvalue weighted by atomic mass is 10.1. The SMILES string of the molecule is COc1cc(/C=C2\C(=O)NC(=O)N(Cc3ccco3)C2=O)ccc1OCc1ccc(C)cc1. The summed E-state index contributed by atoms with van der Waals surface area (Å²) < 4.78 is 16.5. The van der Waals surface area contributed by atoms with E-state index in [-0.39, 0.29) is 12.1 Å². The number of barbiturate groups is 1. The minimum Gasteiger partial charge on any atom is -0.493 e. The molecule has 0 bridgehead atoms. The van der Waals surface area contributed by atoms with Gasteiger partial charge in [-0.1, -0.05) is 35.9 Å². The van der Waals surface area contributed by atoms with Crippen LogP contribution in [0.5, 0.6) is 11.5 Å². The summed E-state index contributed by atoms with van der Waals surface area (Å²) in [6, 6.07) is 15.6. The van der Waals surface area contributed by atoms with E-state index in [9.17, 15) is 14.4 Å². The molecular weight excluding hydrogens is 424 g/mol. The molecule has 0 spiro atoms. The van der Waals surface area contributed by atoms with Crippen molar-refractivity contribution in [3.05, 3.63) is 88.9 Å². The quantitative estimate of drug-likeness (QED) is 0.438. The number of carbonyl (C=O) groups is 3. The molecule has 0 aliphatic carbocycles. The molecule has 2 heterocycles. The first-order chi connectivity index (χ1) is 15.9. The smallest absolute Gasteiger partial charge is 0.331 e. The van der Waals surface area contributed by atoms with Crippen LogP contribution in [0.3, 0.4) is 0 Å². The average molecular weight is 446 g/mol. The molecule has 0 atom stereocenters. The lowest BCUT2D eigenvalue weighted by Gasteiger charge is -2.25. The maximum absolute atomic E-state index is 12.9. The van der Waals surface area contributed by atoms with Gasteiger partial charge in [-0.2, -0.15) is 0 Å². The lowest BCUT2D eigenvalue weighted by Crippen LogP contribution is -2.53. The number of carbonyl (C=O) groups excluding carboxylic acids is 3. The summed E-state index contributed by atoms with van der Waals surface area (Å²) in [7, 11) is 1.51. The Bertz CT molecular complexity index is 1210. The molecule has 1 N–H and O–H groups in total. The van der Waals surface area contributed by atoms with Crippen LogP contribution in [0.2, 0.25) is 0 Å². The zero-order valence-electron chi connectivity index (χ0n) is 18.2. The first-order valence-electron chi connectivity index (χ1n) is 10.2. The number of benzene rings is 2. The number of nitrogens with one attached hydrogen (secondary N) is 1. The fourth-order valence-electron chi connectivity index (χ4n) is 3.30. The second-order valence-electron chi connectivity index (χ2n) is 7.47. The number of urea groups is 1. The Hall–Kier alpha value is -4.33. The Morgan fingerprint density at radius 3 is 2.52 bits per heavy atom. The van der Waals surface area contributed by atoms with Crippen molar-refractivity contribution in [1.29, 1.82) is 0 Å². The lowest BCUT2D eigenvalue weighted by molar-refractivity contribution is -0.130. The molecule has 8 heteroatoms. The predicted molar refractivity (Wildman–Crippen MR) is 119 cm³/mol. The monoisotopic (exact) mass is 446 g/mol. The Morgan fingerprint density at radius 1 is 1.03 bits per heavy atom. The van der Waals surface area contributed by atoms with Crippen LogP contribution in [0.25, 0.3) is 6.08 Å². The molecule has 33 heavy (non-hydrogen) atoms. The van der Waals surface area contributed by atoms with E-state index >= 15 is 0 Å². The molecule has 168 valence electrons. The highest BCUT2D eigenvalue weighted by Gasteiger charge is 2.36. The van der Waals surface area contributed by atoms with Gasteiger partial charge in [0, 0.05) is 0 Å². The van der Waals surface area contributed by atoms with Gasteiger partial charge in [0.05, 0.1) is 19.9 Å². The van der Waals surface area contributed by atoms with Gasteiger partial charge in [0.2, 0.25) is 0 Å². The van der Waals surface area contributed by atoms with E-state index in [2.05, 4.69) is 5.32 Å². The molecular formula is C25H22N2O6. The molecule has 4 amide bonds. The molecule has 8 nitrogen and oxygen atoms in total. The van der Waals surface area contributed by atoms with Crippen LogP contribution >= 0.6 is 0 Å². The Kier molecular flexibility index (Phi) is 6.26. The second-order valence-corrected chi connectivity index (χ2v) is 7.47. The fourth-order valence-corrected chi connectivity index (χ4v) is 3.30. The Morgan fingerprint density at radius 2 is 1.82 bits per heavy atom. The average Bonchev–Trinajstić information content (AvgIpc) is 3.33. The summed E-state index contributed by atoms with van der Waals surface area (Å²) in [6.45, 7) is 2.30. The minimum absolute atomic E-state index is 0.0859. The Balaban J connectivity index is 1.54. The molecule has 3 aromatic rings. The van der Waals surface area contributed by atoms with Gasteiger partial charge in [-0.05, 0) is 48.4 Å². The number of rotatable bonds is 7. The number of aryl methyl sites for hydroxylation is 1. The maximum Gasteiger partial charge on any atom is 0.331 e. The van der Waals surface area contributed by atoms with Crippen LogP contribution in [0.4, 0.5) is 4.79 Å². The summed E-state index contributed by atoms with van der Waals surface area (Å²) in [4.78, 5) is 38.3. The van der Waals surface area contributed by atoms with Gasteiger partial charge in [-0.25, -0.2) is 4.79 Å². The normalized spacial score (nSPS) is 15.0. The maximum atomic E-state index is 12.9. The second kappa shape index (κ2) is 9.44. The zero-order chi connectivity index (χ0) is 23.4. The molecule has 2 aromatic carbocycles. The van der Waals surface area contributed by atoms with E-state index in [0.29, 0.717) is 29.4 Å². The van der Waals surface area contributed by atoms with Crippen molar-refractivity contribution in [3.8, 4) is 11.5 Å². The number of hydrogen-bond acceptors (Lipinski definition) is 6. The van der Waals surface area contributed by atoms with Gasteiger partial charge >= 0.3 is 6.03 Å². The largest absolute Gasteiger partial charge is 0.493 e. The van der Waals surface area contributed by atoms with E-state index in [1.165, 1.54) is 25.0 Å². The number of furan rings is 1. The van der Waals surface area contributed by atoms with Gasteiger partial charge in [0.1, 0.15) is 17.9 Å². The number of methoxy groups -OCH3 is 1. The van der Waals surface area contributed by atoms with Gasteiger partial charge < -0.3 is 13.9 Å². The molecule has 0 saturated carbocycles. The molecule has 1 fully saturated rings. The number of imide groups is 2. The number of amides is 4. The van der Waals surface area contributed by atoms with E-state index in [0.717, 1.165) is 10.5 Å². The molecule has 0 unspecified atom stereocenters. The first kappa shape index (κ1) is 21.9. The molecule has 0 radical (unpaired) electrons. The van der Waals surface area contributed by atoms with Crippen molar-refractivity contribution >= 4 is 23.9 Å². The zero-order valence-corrected chi connectivity index (χ0v) is 18.2. The number of hydrogen-bond donors (Lipinski definition) is 1. The van der Waals surface area contributed by atoms with E-state index in [1.54, 1.807) is 30.3 Å². The van der Waals surface area contributed by atoms with E-state index in [4.69, 9.17) is 13.9 Å². The van der Waals surface area contributed by atoms with Crippen molar-refractivity contribution in [3.63, 3.8) is 0 Å². The first-order valence-corrected chi connectivity index (χ1v) is 10.2. The van der Waals surface area contributed by atoms with Gasteiger partial charge in [-0.3, -0.25) is 19.8 Å². The highest BCUT2D eigenvalue weighted by molar-refractivity contribution is 6.30. The molecule has 1 aliphatic rings. The van der Waals surface area contributed by atoms with Crippen molar-refractivity contribution in [2.75, 3.05) is 7.11 Å². The number of nitrogens with zero attached hydrogens (tertiary/aromatic N) is 1. The van der Waals surface area contributed by atoms with Crippen LogP contribution in [-0.4, -0.2) is 29.9 Å². The van der Waals surface area contributed by atoms with Crippen molar-refractivity contribution in [2.24, 2.45) is 0 Å². The number of ether oxygens (including phenoxy) is 2. The van der Waals surface area contributed by atoms with Crippen LogP contribution in [0, 0.1) is 6.92 Å². The topological polar surface area (TPSA) is 98.1 Å². The summed E-state index contributed by atoms with van der Waals surface area (Å²) >= 11 is 0. The molecule has 1 saturated heterocycles. The van der Waals surface area contributed by atoms with Crippen molar-refractivity contribution in [1.82, 2.24) is 10.2 Å². The molecule has 4 rings (SSSR count). The van der Waals surface area contributed by atoms with Crippen LogP contribution in [-0.2, 0) is 22.7 Å². The summed E-state index contributed by atoms with van der Waals surface area (Å²) in [5.74, 6) is -0.0833. The summed E-state index contributed by atoms with van der Waals surface area (Å²) in [5.41, 5.74) is 2.55. The summed E-state index contributed by atoms with van der Waals surface area (Å²) in [6.07, 6.45) is 2.85. The predicted octanol–water partition coefficient (Wildman–Crippen LogP) is 3.84. The van der Waals surface area contributed by atoms with Gasteiger partial charge in [0.15, 0.2) is 11.5 Å². The molecule has 1 aliphatic heterocycles. The van der Waals surface area contributed by atoms with E-state index < -0.39 is 17.8 Å². The van der Waals surface area contributed by atoms with Crippen molar-refractivity contribution in [2.45, 2.75) is 20.1 Å². The minimum atomic E-state index is -0.795. The standard InChI is InChI=1S/C25H22N2O6/c1-16-5-7-17(8-6-16)15-33-21-10-9-18(13-22(21)31-2)12-20-23(28)26-25(30)27(24(20)29)14-19-4-3-11-32-19/h3-13H,14-15H2,1-2H3,(H,26,28,30)/b20-12+. The van der Waals surface area contributed by atoms with Crippen molar-refractivity contribution < 1.29 is 28.3 Å². The fraction of sp³-hybridized carbons (Fsp3) is 0.160. The third-order valence-corrected chi connectivity index (χ3v) is 5.09. The Labute approximate surface area is 190 Å². The van der Waals surface area contributed by atoms with Gasteiger partial charge in [0.25, 0.3) is 11.8 Å². The van der Waals surface area contributed by atoms with Crippen LogP contribution in [0.15, 0.2) is 70.9 Å². The third kappa shape index (κ3) is 4.95. The van der Waals surface area contributed by atoms with E-state index in [1.807, 2.05) is 31.2 Å². The van der Waals surface area contributed by atoms with Crippen LogP contribution in [0.1, 0.15) is 22.5 Å². The van der Waals surface area contributed by atoms with Crippen LogP contribution < -0.4 is 14.8 Å². The molecule has 1 aromatic heterocycles. The van der Waals surface area contributed by atoms with Gasteiger partial charge in [-0.15, -0.1) is 0 Å². The highest BCUT2D eigenvalue weighted by Crippen LogP contribution is 2.30. The highest BCUT2D eigenvalue weighted by atomic mass is 16.5. The summed E-state index contributed by atoms with van der Waals surface area (Å²) in [5, 5.41) is 2.19.